The Labute approximate surface area is 169 Å². The van der Waals surface area contributed by atoms with Crippen molar-refractivity contribution in [2.45, 2.75) is 51.7 Å². The number of piperidine rings is 1. The molecule has 9 heteroatoms. The molecular formula is C19H28N6O2S. The molecule has 0 unspecified atom stereocenters. The first kappa shape index (κ1) is 20.5. The van der Waals surface area contributed by atoms with Crippen LogP contribution in [0.2, 0.25) is 0 Å². The minimum absolute atomic E-state index is 0.0784. The quantitative estimate of drug-likeness (QED) is 0.702. The van der Waals surface area contributed by atoms with Gasteiger partial charge in [-0.05, 0) is 25.3 Å². The van der Waals surface area contributed by atoms with Gasteiger partial charge in [-0.2, -0.15) is 0 Å². The molecule has 2 atom stereocenters. The number of aromatic nitrogens is 4. The molecule has 8 nitrogen and oxygen atoms in total. The Morgan fingerprint density at radius 2 is 2.29 bits per heavy atom. The van der Waals surface area contributed by atoms with Crippen molar-refractivity contribution in [1.82, 2.24) is 25.5 Å². The maximum Gasteiger partial charge on any atom is 0.287 e. The normalized spacial score (nSPS) is 19.6. The second-order valence-corrected chi connectivity index (χ2v) is 7.82. The standard InChI is InChI=1S/C19H28N6O2S/c1-5-8-13-12(6-2)20-17(21-13)18(26)22-14-9-10-25(11-15(14)27-4)19-24-23-16(7-3)28-19/h7,14-15H,3,5-6,8-11H2,1-2,4H3,(H,20,21)(H,22,26)/t14-,15+/m1/s1. The lowest BCUT2D eigenvalue weighted by atomic mass is 10.0. The predicted molar refractivity (Wildman–Crippen MR) is 111 cm³/mol. The van der Waals surface area contributed by atoms with Crippen molar-refractivity contribution in [3.05, 3.63) is 28.8 Å². The fourth-order valence-electron chi connectivity index (χ4n) is 3.47. The van der Waals surface area contributed by atoms with Crippen LogP contribution in [-0.4, -0.2) is 58.4 Å². The van der Waals surface area contributed by atoms with Crippen molar-refractivity contribution >= 4 is 28.5 Å². The Morgan fingerprint density at radius 3 is 2.93 bits per heavy atom. The van der Waals surface area contributed by atoms with Gasteiger partial charge in [0.25, 0.3) is 5.91 Å². The number of nitrogens with zero attached hydrogens (tertiary/aromatic N) is 4. The fourth-order valence-corrected chi connectivity index (χ4v) is 4.20. The molecule has 2 aromatic heterocycles. The summed E-state index contributed by atoms with van der Waals surface area (Å²) in [5.41, 5.74) is 2.03. The van der Waals surface area contributed by atoms with Crippen LogP contribution in [-0.2, 0) is 17.6 Å². The van der Waals surface area contributed by atoms with Gasteiger partial charge in [0.15, 0.2) is 5.82 Å². The molecule has 2 N–H and O–H groups in total. The maximum atomic E-state index is 12.7. The SMILES string of the molecule is C=Cc1nnc(N2CC[C@@H](NC(=O)c3nc(CC)c(CCC)[nH]3)[C@@H](OC)C2)s1. The molecule has 28 heavy (non-hydrogen) atoms. The van der Waals surface area contributed by atoms with Crippen LogP contribution in [0.5, 0.6) is 0 Å². The second-order valence-electron chi connectivity index (χ2n) is 6.83. The van der Waals surface area contributed by atoms with E-state index in [1.165, 1.54) is 11.3 Å². The summed E-state index contributed by atoms with van der Waals surface area (Å²) in [5.74, 6) is 0.208. The molecule has 1 aliphatic rings. The van der Waals surface area contributed by atoms with Crippen molar-refractivity contribution in [2.24, 2.45) is 0 Å². The van der Waals surface area contributed by atoms with E-state index in [0.717, 1.165) is 53.8 Å². The van der Waals surface area contributed by atoms with Gasteiger partial charge in [0, 0.05) is 25.9 Å². The van der Waals surface area contributed by atoms with Gasteiger partial charge in [-0.15, -0.1) is 10.2 Å². The highest BCUT2D eigenvalue weighted by Crippen LogP contribution is 2.25. The number of amides is 1. The van der Waals surface area contributed by atoms with Crippen LogP contribution in [0.1, 0.15) is 53.7 Å². The van der Waals surface area contributed by atoms with E-state index in [1.807, 2.05) is 0 Å². The largest absolute Gasteiger partial charge is 0.377 e. The van der Waals surface area contributed by atoms with E-state index < -0.39 is 0 Å². The predicted octanol–water partition coefficient (Wildman–Crippen LogP) is 2.44. The number of imidazole rings is 1. The molecule has 3 rings (SSSR count). The Hall–Kier alpha value is -2.26. The van der Waals surface area contributed by atoms with Gasteiger partial charge in [0.05, 0.1) is 17.8 Å². The third kappa shape index (κ3) is 4.41. The smallest absolute Gasteiger partial charge is 0.287 e. The highest BCUT2D eigenvalue weighted by molar-refractivity contribution is 7.16. The van der Waals surface area contributed by atoms with Gasteiger partial charge in [-0.1, -0.05) is 38.2 Å². The summed E-state index contributed by atoms with van der Waals surface area (Å²) >= 11 is 1.50. The second kappa shape index (κ2) is 9.29. The molecule has 0 saturated carbocycles. The molecule has 152 valence electrons. The highest BCUT2D eigenvalue weighted by atomic mass is 32.1. The number of ether oxygens (including phenoxy) is 1. The number of rotatable bonds is 8. The number of nitrogens with one attached hydrogen (secondary N) is 2. The summed E-state index contributed by atoms with van der Waals surface area (Å²) in [6, 6.07) is -0.0784. The molecule has 3 heterocycles. The van der Waals surface area contributed by atoms with Crippen LogP contribution < -0.4 is 10.2 Å². The summed E-state index contributed by atoms with van der Waals surface area (Å²) in [6.07, 6.45) is 5.05. The van der Waals surface area contributed by atoms with E-state index >= 15 is 0 Å². The molecule has 1 aliphatic heterocycles. The van der Waals surface area contributed by atoms with Crippen LogP contribution in [0.4, 0.5) is 5.13 Å². The maximum absolute atomic E-state index is 12.7. The molecule has 1 amide bonds. The number of aryl methyl sites for hydroxylation is 2. The van der Waals surface area contributed by atoms with Crippen molar-refractivity contribution in [3.8, 4) is 0 Å². The van der Waals surface area contributed by atoms with Crippen molar-refractivity contribution in [1.29, 1.82) is 0 Å². The van der Waals surface area contributed by atoms with Crippen LogP contribution in [0.25, 0.3) is 6.08 Å². The van der Waals surface area contributed by atoms with Crippen LogP contribution in [0, 0.1) is 0 Å². The zero-order valence-electron chi connectivity index (χ0n) is 16.7. The third-order valence-electron chi connectivity index (χ3n) is 4.97. The van der Waals surface area contributed by atoms with Crippen LogP contribution in [0.3, 0.4) is 0 Å². The number of H-pyrrole nitrogens is 1. The number of methoxy groups -OCH3 is 1. The molecule has 0 bridgehead atoms. The third-order valence-corrected chi connectivity index (χ3v) is 5.95. The summed E-state index contributed by atoms with van der Waals surface area (Å²) in [6.45, 7) is 9.32. The first-order valence-corrected chi connectivity index (χ1v) is 10.5. The molecular weight excluding hydrogens is 376 g/mol. The number of hydrogen-bond acceptors (Lipinski definition) is 7. The fraction of sp³-hybridized carbons (Fsp3) is 0.579. The Balaban J connectivity index is 1.65. The van der Waals surface area contributed by atoms with Gasteiger partial charge in [-0.25, -0.2) is 4.98 Å². The lowest BCUT2D eigenvalue weighted by Gasteiger charge is -2.37. The van der Waals surface area contributed by atoms with Gasteiger partial charge >= 0.3 is 0 Å². The van der Waals surface area contributed by atoms with Gasteiger partial charge in [0.1, 0.15) is 5.01 Å². The van der Waals surface area contributed by atoms with E-state index in [0.29, 0.717) is 12.4 Å². The van der Waals surface area contributed by atoms with Crippen molar-refractivity contribution < 1.29 is 9.53 Å². The minimum atomic E-state index is -0.178. The molecule has 0 spiro atoms. The molecule has 0 radical (unpaired) electrons. The van der Waals surface area contributed by atoms with Crippen molar-refractivity contribution in [2.75, 3.05) is 25.1 Å². The van der Waals surface area contributed by atoms with E-state index in [9.17, 15) is 4.79 Å². The lowest BCUT2D eigenvalue weighted by Crippen LogP contribution is -2.55. The first-order chi connectivity index (χ1) is 13.6. The van der Waals surface area contributed by atoms with Gasteiger partial charge in [0.2, 0.25) is 5.13 Å². The molecule has 0 aromatic carbocycles. The Kier molecular flexibility index (Phi) is 6.79. The highest BCUT2D eigenvalue weighted by Gasteiger charge is 2.32. The minimum Gasteiger partial charge on any atom is -0.377 e. The van der Waals surface area contributed by atoms with E-state index in [2.05, 4.69) is 50.8 Å². The Morgan fingerprint density at radius 1 is 1.46 bits per heavy atom. The Bertz CT molecular complexity index is 817. The zero-order valence-corrected chi connectivity index (χ0v) is 17.5. The lowest BCUT2D eigenvalue weighted by molar-refractivity contribution is 0.0538. The summed E-state index contributed by atoms with van der Waals surface area (Å²) in [4.78, 5) is 22.6. The number of carbonyl (C=O) groups excluding carboxylic acids is 1. The van der Waals surface area contributed by atoms with E-state index in [-0.39, 0.29) is 18.1 Å². The van der Waals surface area contributed by atoms with Gasteiger partial charge in [-0.3, -0.25) is 4.79 Å². The topological polar surface area (TPSA) is 96.0 Å². The monoisotopic (exact) mass is 404 g/mol. The number of anilines is 1. The van der Waals surface area contributed by atoms with Gasteiger partial charge < -0.3 is 19.9 Å². The molecule has 1 saturated heterocycles. The van der Waals surface area contributed by atoms with Crippen LogP contribution in [0.15, 0.2) is 6.58 Å². The zero-order chi connectivity index (χ0) is 20.1. The average Bonchev–Trinajstić information content (AvgIpc) is 3.35. The summed E-state index contributed by atoms with van der Waals surface area (Å²) in [5, 5.41) is 13.1. The first-order valence-electron chi connectivity index (χ1n) is 9.71. The summed E-state index contributed by atoms with van der Waals surface area (Å²) < 4.78 is 5.66. The van der Waals surface area contributed by atoms with E-state index in [1.54, 1.807) is 13.2 Å². The molecule has 0 aliphatic carbocycles. The van der Waals surface area contributed by atoms with Crippen LogP contribution >= 0.6 is 11.3 Å². The molecule has 1 fully saturated rings. The van der Waals surface area contributed by atoms with Crippen molar-refractivity contribution in [3.63, 3.8) is 0 Å². The number of hydrogen-bond donors (Lipinski definition) is 2. The van der Waals surface area contributed by atoms with E-state index in [4.69, 9.17) is 4.74 Å². The number of aromatic amines is 1. The summed E-state index contributed by atoms with van der Waals surface area (Å²) in [7, 11) is 1.67. The molecule has 2 aromatic rings. The average molecular weight is 405 g/mol. The number of carbonyl (C=O) groups is 1.